The van der Waals surface area contributed by atoms with E-state index in [0.717, 1.165) is 17.0 Å². The summed E-state index contributed by atoms with van der Waals surface area (Å²) in [5, 5.41) is 18.0. The molecule has 2 heterocycles. The van der Waals surface area contributed by atoms with Crippen LogP contribution in [0.4, 0.5) is 5.69 Å². The van der Waals surface area contributed by atoms with Crippen molar-refractivity contribution >= 4 is 17.5 Å². The van der Waals surface area contributed by atoms with Crippen molar-refractivity contribution in [3.63, 3.8) is 0 Å². The van der Waals surface area contributed by atoms with Crippen LogP contribution in [0.2, 0.25) is 0 Å². The van der Waals surface area contributed by atoms with Gasteiger partial charge >= 0.3 is 0 Å². The molecule has 1 fully saturated rings. The fraction of sp³-hybridized carbons (Fsp3) is 0.500. The van der Waals surface area contributed by atoms with Crippen LogP contribution < -0.4 is 20.7 Å². The molecule has 7 nitrogen and oxygen atoms in total. The maximum atomic E-state index is 11.8. The zero-order chi connectivity index (χ0) is 16.2. The van der Waals surface area contributed by atoms with Crippen LogP contribution >= 0.6 is 0 Å². The van der Waals surface area contributed by atoms with Crippen molar-refractivity contribution in [1.29, 1.82) is 0 Å². The van der Waals surface area contributed by atoms with E-state index in [1.54, 1.807) is 6.07 Å². The molecule has 1 saturated heterocycles. The summed E-state index contributed by atoms with van der Waals surface area (Å²) in [5.41, 5.74) is 1.91. The summed E-state index contributed by atoms with van der Waals surface area (Å²) in [5.74, 6) is 0.654. The Morgan fingerprint density at radius 3 is 3.04 bits per heavy atom. The quantitative estimate of drug-likeness (QED) is 0.563. The van der Waals surface area contributed by atoms with Gasteiger partial charge in [-0.05, 0) is 36.6 Å². The minimum absolute atomic E-state index is 0.0412. The lowest BCUT2D eigenvalue weighted by molar-refractivity contribution is -0.123. The third-order valence-electron chi connectivity index (χ3n) is 4.07. The molecule has 0 radical (unpaired) electrons. The summed E-state index contributed by atoms with van der Waals surface area (Å²) >= 11 is 0. The molecule has 0 saturated carbocycles. The van der Waals surface area contributed by atoms with Gasteiger partial charge in [0.15, 0.2) is 0 Å². The predicted octanol–water partition coefficient (Wildman–Crippen LogP) is -0.211. The molecule has 124 valence electrons. The van der Waals surface area contributed by atoms with E-state index >= 15 is 0 Å². The fourth-order valence-corrected chi connectivity index (χ4v) is 2.83. The van der Waals surface area contributed by atoms with Crippen LogP contribution in [0.5, 0.6) is 5.75 Å². The summed E-state index contributed by atoms with van der Waals surface area (Å²) in [6, 6.07) is 5.24. The lowest BCUT2D eigenvalue weighted by atomic mass is 10.0. The molecule has 2 amide bonds. The van der Waals surface area contributed by atoms with Gasteiger partial charge in [0.1, 0.15) is 12.4 Å². The molecular formula is C16H21N3O4. The Morgan fingerprint density at radius 2 is 2.26 bits per heavy atom. The van der Waals surface area contributed by atoms with Crippen LogP contribution in [-0.4, -0.2) is 48.8 Å². The van der Waals surface area contributed by atoms with Crippen molar-refractivity contribution in [2.24, 2.45) is 0 Å². The summed E-state index contributed by atoms with van der Waals surface area (Å²) in [6.45, 7) is 1.23. The number of hydrogen-bond acceptors (Lipinski definition) is 5. The van der Waals surface area contributed by atoms with Crippen molar-refractivity contribution < 1.29 is 19.4 Å². The molecular weight excluding hydrogens is 298 g/mol. The number of fused-ring (bicyclic) bond motifs is 1. The van der Waals surface area contributed by atoms with Gasteiger partial charge in [0.25, 0.3) is 0 Å². The van der Waals surface area contributed by atoms with E-state index in [-0.39, 0.29) is 17.9 Å². The summed E-state index contributed by atoms with van der Waals surface area (Å²) in [7, 11) is 0. The number of nitrogens with one attached hydrogen (secondary N) is 3. The molecule has 1 aromatic carbocycles. The molecule has 0 bridgehead atoms. The molecule has 2 aliphatic heterocycles. The van der Waals surface area contributed by atoms with Crippen molar-refractivity contribution in [3.8, 4) is 5.75 Å². The fourth-order valence-electron chi connectivity index (χ4n) is 2.83. The van der Waals surface area contributed by atoms with E-state index in [1.165, 1.54) is 0 Å². The second-order valence-corrected chi connectivity index (χ2v) is 5.86. The number of benzene rings is 1. The Bertz CT molecular complexity index is 605. The van der Waals surface area contributed by atoms with Crippen LogP contribution in [-0.2, 0) is 16.0 Å². The third-order valence-corrected chi connectivity index (χ3v) is 4.07. The van der Waals surface area contributed by atoms with Crippen molar-refractivity contribution in [3.05, 3.63) is 23.8 Å². The molecule has 7 heteroatoms. The molecule has 0 aromatic heterocycles. The monoisotopic (exact) mass is 319 g/mol. The number of aryl methyl sites for hydroxylation is 1. The van der Waals surface area contributed by atoms with E-state index in [0.29, 0.717) is 39.0 Å². The van der Waals surface area contributed by atoms with E-state index in [2.05, 4.69) is 16.0 Å². The van der Waals surface area contributed by atoms with Gasteiger partial charge in [-0.1, -0.05) is 0 Å². The molecule has 1 aromatic rings. The summed E-state index contributed by atoms with van der Waals surface area (Å²) in [6.07, 6.45) is 1.21. The Morgan fingerprint density at radius 1 is 1.39 bits per heavy atom. The van der Waals surface area contributed by atoms with Crippen LogP contribution in [0.15, 0.2) is 18.2 Å². The minimum Gasteiger partial charge on any atom is -0.492 e. The van der Waals surface area contributed by atoms with Crippen molar-refractivity contribution in [2.75, 3.05) is 25.0 Å². The molecule has 23 heavy (non-hydrogen) atoms. The number of ether oxygens (including phenoxy) is 1. The Kier molecular flexibility index (Phi) is 4.78. The molecule has 3 rings (SSSR count). The Labute approximate surface area is 134 Å². The van der Waals surface area contributed by atoms with Crippen molar-refractivity contribution in [1.82, 2.24) is 10.6 Å². The average molecular weight is 319 g/mol. The highest BCUT2D eigenvalue weighted by Gasteiger charge is 2.27. The second kappa shape index (κ2) is 6.97. The number of aliphatic hydroxyl groups excluding tert-OH is 1. The topological polar surface area (TPSA) is 99.7 Å². The number of carbonyl (C=O) groups is 2. The van der Waals surface area contributed by atoms with Gasteiger partial charge in [-0.25, -0.2) is 0 Å². The first-order valence-corrected chi connectivity index (χ1v) is 7.86. The van der Waals surface area contributed by atoms with Gasteiger partial charge in [0.05, 0.1) is 18.7 Å². The van der Waals surface area contributed by atoms with Crippen LogP contribution in [0.3, 0.4) is 0 Å². The smallest absolute Gasteiger partial charge is 0.237 e. The van der Waals surface area contributed by atoms with E-state index in [9.17, 15) is 14.7 Å². The van der Waals surface area contributed by atoms with Crippen molar-refractivity contribution in [2.45, 2.75) is 31.4 Å². The molecule has 2 atom stereocenters. The van der Waals surface area contributed by atoms with Gasteiger partial charge in [-0.3, -0.25) is 9.59 Å². The predicted molar refractivity (Wildman–Crippen MR) is 84.3 cm³/mol. The van der Waals surface area contributed by atoms with Gasteiger partial charge in [0, 0.05) is 18.7 Å². The minimum atomic E-state index is -0.446. The molecule has 0 aliphatic carbocycles. The van der Waals surface area contributed by atoms with Crippen LogP contribution in [0, 0.1) is 0 Å². The molecule has 0 spiro atoms. The number of hydrogen-bond donors (Lipinski definition) is 4. The molecule has 0 unspecified atom stereocenters. The lowest BCUT2D eigenvalue weighted by Gasteiger charge is -2.18. The number of rotatable bonds is 5. The first kappa shape index (κ1) is 15.8. The standard InChI is InChI=1S/C16H21N3O4/c20-11-8-14(18-9-11)16(22)17-5-6-23-12-2-3-13-10(7-12)1-4-15(21)19-13/h2-3,7,11,14,18,20H,1,4-6,8-9H2,(H,17,22)(H,19,21)/t11-,14-/m1/s1. The normalized spacial score (nSPS) is 23.1. The van der Waals surface area contributed by atoms with Crippen LogP contribution in [0.1, 0.15) is 18.4 Å². The number of anilines is 1. The average Bonchev–Trinajstić information content (AvgIpc) is 2.98. The first-order valence-electron chi connectivity index (χ1n) is 7.86. The molecule has 2 aliphatic rings. The Hall–Kier alpha value is -2.12. The van der Waals surface area contributed by atoms with E-state index in [1.807, 2.05) is 12.1 Å². The highest BCUT2D eigenvalue weighted by molar-refractivity contribution is 5.94. The molecule has 4 N–H and O–H groups in total. The maximum absolute atomic E-state index is 11.8. The highest BCUT2D eigenvalue weighted by Crippen LogP contribution is 2.26. The largest absolute Gasteiger partial charge is 0.492 e. The maximum Gasteiger partial charge on any atom is 0.237 e. The van der Waals surface area contributed by atoms with Gasteiger partial charge in [-0.2, -0.15) is 0 Å². The van der Waals surface area contributed by atoms with Gasteiger partial charge in [-0.15, -0.1) is 0 Å². The number of amides is 2. The van der Waals surface area contributed by atoms with E-state index in [4.69, 9.17) is 4.74 Å². The van der Waals surface area contributed by atoms with Gasteiger partial charge < -0.3 is 25.8 Å². The van der Waals surface area contributed by atoms with Crippen LogP contribution in [0.25, 0.3) is 0 Å². The summed E-state index contributed by atoms with van der Waals surface area (Å²) in [4.78, 5) is 23.2. The van der Waals surface area contributed by atoms with Gasteiger partial charge in [0.2, 0.25) is 11.8 Å². The number of β-amino-alcohol motifs (C(OH)–C–C–N with tert-alkyl or cyclic N) is 1. The summed E-state index contributed by atoms with van der Waals surface area (Å²) < 4.78 is 5.64. The zero-order valence-electron chi connectivity index (χ0n) is 12.8. The number of aliphatic hydroxyl groups is 1. The highest BCUT2D eigenvalue weighted by atomic mass is 16.5. The second-order valence-electron chi connectivity index (χ2n) is 5.86. The van der Waals surface area contributed by atoms with E-state index < -0.39 is 6.10 Å². The zero-order valence-corrected chi connectivity index (χ0v) is 12.8. The SMILES string of the molecule is O=C1CCc2cc(OCCNC(=O)[C@H]3C[C@@H](O)CN3)ccc2N1. The number of carbonyl (C=O) groups excluding carboxylic acids is 2. The first-order chi connectivity index (χ1) is 11.1. The Balaban J connectivity index is 1.42. The third kappa shape index (κ3) is 4.00. The lowest BCUT2D eigenvalue weighted by Crippen LogP contribution is -2.41.